The van der Waals surface area contributed by atoms with Crippen LogP contribution in [-0.4, -0.2) is 12.1 Å². The third-order valence-electron chi connectivity index (χ3n) is 4.65. The zero-order chi connectivity index (χ0) is 14.7. The number of esters is 1. The fourth-order valence-electron chi connectivity index (χ4n) is 2.98. The predicted molar refractivity (Wildman–Crippen MR) is 81.7 cm³/mol. The fraction of sp³-hybridized carbons (Fsp3) is 0.611. The van der Waals surface area contributed by atoms with Gasteiger partial charge in [-0.2, -0.15) is 0 Å². The first kappa shape index (κ1) is 15.1. The first-order chi connectivity index (χ1) is 9.47. The summed E-state index contributed by atoms with van der Waals surface area (Å²) in [4.78, 5) is 12.2. The van der Waals surface area contributed by atoms with Crippen molar-refractivity contribution in [2.75, 3.05) is 0 Å². The molecule has 0 amide bonds. The molecule has 0 aliphatic heterocycles. The number of carbonyl (C=O) groups is 1. The van der Waals surface area contributed by atoms with Crippen molar-refractivity contribution in [1.29, 1.82) is 0 Å². The number of carbonyl (C=O) groups excluding carboxylic acids is 1. The van der Waals surface area contributed by atoms with E-state index in [1.165, 1.54) is 6.42 Å². The Kier molecular flexibility index (Phi) is 4.85. The summed E-state index contributed by atoms with van der Waals surface area (Å²) in [6, 6.07) is 7.62. The maximum atomic E-state index is 12.2. The third kappa shape index (κ3) is 3.62. The second-order valence-corrected chi connectivity index (χ2v) is 6.60. The van der Waals surface area contributed by atoms with Crippen LogP contribution >= 0.6 is 0 Å². The van der Waals surface area contributed by atoms with Crippen LogP contribution in [0, 0.1) is 24.7 Å². The smallest absolute Gasteiger partial charge is 0.338 e. The van der Waals surface area contributed by atoms with Crippen LogP contribution < -0.4 is 0 Å². The van der Waals surface area contributed by atoms with Crippen molar-refractivity contribution >= 4 is 5.97 Å². The molecule has 2 rings (SSSR count). The Morgan fingerprint density at radius 3 is 2.45 bits per heavy atom. The van der Waals surface area contributed by atoms with Crippen LogP contribution in [0.5, 0.6) is 0 Å². The molecule has 110 valence electrons. The Labute approximate surface area is 122 Å². The summed E-state index contributed by atoms with van der Waals surface area (Å²) in [7, 11) is 0. The predicted octanol–water partition coefficient (Wildman–Crippen LogP) is 4.61. The van der Waals surface area contributed by atoms with E-state index < -0.39 is 0 Å². The average Bonchev–Trinajstić information content (AvgIpc) is 2.41. The average molecular weight is 274 g/mol. The van der Waals surface area contributed by atoms with E-state index in [0.717, 1.165) is 18.4 Å². The Hall–Kier alpha value is -1.31. The summed E-state index contributed by atoms with van der Waals surface area (Å²) in [5, 5.41) is 0. The quantitative estimate of drug-likeness (QED) is 0.752. The highest BCUT2D eigenvalue weighted by Crippen LogP contribution is 2.35. The lowest BCUT2D eigenvalue weighted by atomic mass is 9.76. The molecule has 2 heteroatoms. The number of aryl methyl sites for hydroxylation is 1. The Balaban J connectivity index is 2.00. The van der Waals surface area contributed by atoms with Crippen LogP contribution in [0.2, 0.25) is 0 Å². The van der Waals surface area contributed by atoms with Crippen molar-refractivity contribution in [2.24, 2.45) is 17.8 Å². The van der Waals surface area contributed by atoms with Crippen molar-refractivity contribution in [1.82, 2.24) is 0 Å². The molecular formula is C18H26O2. The maximum absolute atomic E-state index is 12.2. The summed E-state index contributed by atoms with van der Waals surface area (Å²) in [5.74, 6) is 1.65. The van der Waals surface area contributed by atoms with Crippen LogP contribution in [0.3, 0.4) is 0 Å². The van der Waals surface area contributed by atoms with E-state index in [2.05, 4.69) is 20.8 Å². The van der Waals surface area contributed by atoms with E-state index in [4.69, 9.17) is 4.74 Å². The maximum Gasteiger partial charge on any atom is 0.338 e. The summed E-state index contributed by atoms with van der Waals surface area (Å²) >= 11 is 0. The minimum atomic E-state index is -0.175. The highest BCUT2D eigenvalue weighted by molar-refractivity contribution is 5.89. The number of hydrogen-bond acceptors (Lipinski definition) is 2. The standard InChI is InChI=1S/C18H26O2/c1-12(2)16-10-7-14(4)17(11-16)20-18(19)15-8-5-13(3)6-9-15/h5-6,8-9,12,14,16-17H,7,10-11H2,1-4H3/t14-,16-,17?/m1/s1. The molecule has 0 bridgehead atoms. The van der Waals surface area contributed by atoms with E-state index in [1.54, 1.807) is 0 Å². The molecule has 1 aliphatic rings. The van der Waals surface area contributed by atoms with E-state index in [9.17, 15) is 4.79 Å². The van der Waals surface area contributed by atoms with Gasteiger partial charge in [-0.15, -0.1) is 0 Å². The first-order valence-corrected chi connectivity index (χ1v) is 7.75. The van der Waals surface area contributed by atoms with E-state index in [0.29, 0.717) is 23.3 Å². The number of hydrogen-bond donors (Lipinski definition) is 0. The van der Waals surface area contributed by atoms with Crippen molar-refractivity contribution in [3.05, 3.63) is 35.4 Å². The largest absolute Gasteiger partial charge is 0.458 e. The highest BCUT2D eigenvalue weighted by atomic mass is 16.5. The van der Waals surface area contributed by atoms with Crippen LogP contribution in [0.15, 0.2) is 24.3 Å². The lowest BCUT2D eigenvalue weighted by Crippen LogP contribution is -2.33. The van der Waals surface area contributed by atoms with Crippen LogP contribution in [0.25, 0.3) is 0 Å². The van der Waals surface area contributed by atoms with Crippen LogP contribution in [-0.2, 0) is 4.74 Å². The monoisotopic (exact) mass is 274 g/mol. The molecule has 0 spiro atoms. The summed E-state index contributed by atoms with van der Waals surface area (Å²) in [5.41, 5.74) is 1.82. The minimum absolute atomic E-state index is 0.0740. The van der Waals surface area contributed by atoms with Gasteiger partial charge in [0.25, 0.3) is 0 Å². The molecule has 0 saturated heterocycles. The van der Waals surface area contributed by atoms with E-state index >= 15 is 0 Å². The highest BCUT2D eigenvalue weighted by Gasteiger charge is 2.31. The van der Waals surface area contributed by atoms with Crippen molar-refractivity contribution in [3.8, 4) is 0 Å². The van der Waals surface area contributed by atoms with Gasteiger partial charge in [0, 0.05) is 0 Å². The molecule has 1 unspecified atom stereocenters. The van der Waals surface area contributed by atoms with Gasteiger partial charge < -0.3 is 4.74 Å². The lowest BCUT2D eigenvalue weighted by molar-refractivity contribution is -0.00950. The summed E-state index contributed by atoms with van der Waals surface area (Å²) in [6.07, 6.45) is 3.51. The second kappa shape index (κ2) is 6.43. The molecule has 0 N–H and O–H groups in total. The molecule has 2 nitrogen and oxygen atoms in total. The van der Waals surface area contributed by atoms with Gasteiger partial charge in [-0.3, -0.25) is 0 Å². The van der Waals surface area contributed by atoms with Gasteiger partial charge in [0.15, 0.2) is 0 Å². The molecule has 0 heterocycles. The number of benzene rings is 1. The topological polar surface area (TPSA) is 26.3 Å². The molecule has 1 aromatic rings. The Morgan fingerprint density at radius 2 is 1.85 bits per heavy atom. The fourth-order valence-corrected chi connectivity index (χ4v) is 2.98. The molecule has 0 aromatic heterocycles. The van der Waals surface area contributed by atoms with E-state index in [-0.39, 0.29) is 12.1 Å². The normalized spacial score (nSPS) is 26.6. The zero-order valence-corrected chi connectivity index (χ0v) is 13.1. The van der Waals surface area contributed by atoms with Crippen molar-refractivity contribution in [2.45, 2.75) is 53.1 Å². The van der Waals surface area contributed by atoms with Gasteiger partial charge >= 0.3 is 5.97 Å². The third-order valence-corrected chi connectivity index (χ3v) is 4.65. The van der Waals surface area contributed by atoms with Gasteiger partial charge in [0.1, 0.15) is 6.10 Å². The molecule has 20 heavy (non-hydrogen) atoms. The SMILES string of the molecule is Cc1ccc(C(=O)OC2C[C@H](C(C)C)CC[C@H]2C)cc1. The number of ether oxygens (including phenoxy) is 1. The summed E-state index contributed by atoms with van der Waals surface area (Å²) < 4.78 is 5.77. The minimum Gasteiger partial charge on any atom is -0.458 e. The molecule has 1 fully saturated rings. The van der Waals surface area contributed by atoms with Crippen LogP contribution in [0.4, 0.5) is 0 Å². The second-order valence-electron chi connectivity index (χ2n) is 6.60. The van der Waals surface area contributed by atoms with E-state index in [1.807, 2.05) is 31.2 Å². The van der Waals surface area contributed by atoms with Gasteiger partial charge in [0.2, 0.25) is 0 Å². The van der Waals surface area contributed by atoms with Gasteiger partial charge in [-0.25, -0.2) is 4.79 Å². The molecule has 1 saturated carbocycles. The van der Waals surface area contributed by atoms with Gasteiger partial charge in [-0.05, 0) is 56.1 Å². The molecule has 1 aliphatic carbocycles. The molecule has 0 radical (unpaired) electrons. The summed E-state index contributed by atoms with van der Waals surface area (Å²) in [6.45, 7) is 8.74. The lowest BCUT2D eigenvalue weighted by Gasteiger charge is -2.35. The van der Waals surface area contributed by atoms with Crippen LogP contribution in [0.1, 0.15) is 56.0 Å². The molecule has 1 aromatic carbocycles. The molecular weight excluding hydrogens is 248 g/mol. The number of rotatable bonds is 3. The Bertz CT molecular complexity index is 447. The zero-order valence-electron chi connectivity index (χ0n) is 13.1. The van der Waals surface area contributed by atoms with Crippen molar-refractivity contribution < 1.29 is 9.53 Å². The first-order valence-electron chi connectivity index (χ1n) is 7.75. The van der Waals surface area contributed by atoms with Crippen molar-refractivity contribution in [3.63, 3.8) is 0 Å². The Morgan fingerprint density at radius 1 is 1.20 bits per heavy atom. The van der Waals surface area contributed by atoms with Gasteiger partial charge in [-0.1, -0.05) is 38.5 Å². The van der Waals surface area contributed by atoms with Gasteiger partial charge in [0.05, 0.1) is 5.56 Å². The molecule has 3 atom stereocenters.